The van der Waals surface area contributed by atoms with E-state index in [0.29, 0.717) is 12.1 Å². The van der Waals surface area contributed by atoms with Crippen molar-refractivity contribution >= 4 is 0 Å². The van der Waals surface area contributed by atoms with Crippen molar-refractivity contribution in [3.63, 3.8) is 0 Å². The Labute approximate surface area is 104 Å². The van der Waals surface area contributed by atoms with Crippen molar-refractivity contribution in [3.8, 4) is 0 Å². The Hall–Kier alpha value is -0.900. The van der Waals surface area contributed by atoms with Gasteiger partial charge >= 0.3 is 0 Å². The van der Waals surface area contributed by atoms with E-state index in [0.717, 1.165) is 24.1 Å². The van der Waals surface area contributed by atoms with E-state index in [1.54, 1.807) is 6.33 Å². The number of nitrogens with zero attached hydrogens (tertiary/aromatic N) is 3. The fraction of sp³-hybridized carbons (Fsp3) is 0.846. The van der Waals surface area contributed by atoms with Crippen LogP contribution in [0.4, 0.5) is 0 Å². The quantitative estimate of drug-likeness (QED) is 0.870. The van der Waals surface area contributed by atoms with Gasteiger partial charge in [-0.15, -0.1) is 0 Å². The molecule has 1 fully saturated rings. The summed E-state index contributed by atoms with van der Waals surface area (Å²) in [6.07, 6.45) is 5.35. The molecule has 96 valence electrons. The number of nitrogens with one attached hydrogen (secondary N) is 1. The average molecular weight is 236 g/mol. The zero-order valence-corrected chi connectivity index (χ0v) is 11.3. The van der Waals surface area contributed by atoms with Crippen LogP contribution in [0.5, 0.6) is 0 Å². The summed E-state index contributed by atoms with van der Waals surface area (Å²) in [5.74, 6) is 2.63. The lowest BCUT2D eigenvalue weighted by molar-refractivity contribution is 0.350. The summed E-state index contributed by atoms with van der Waals surface area (Å²) < 4.78 is 2.05. The van der Waals surface area contributed by atoms with Crippen LogP contribution in [-0.4, -0.2) is 27.9 Å². The van der Waals surface area contributed by atoms with Crippen LogP contribution in [0.2, 0.25) is 0 Å². The molecule has 0 spiro atoms. The second-order valence-electron chi connectivity index (χ2n) is 5.51. The first-order chi connectivity index (χ1) is 8.13. The third-order valence-electron chi connectivity index (χ3n) is 4.18. The molecule has 0 bridgehead atoms. The molecule has 1 N–H and O–H groups in total. The zero-order valence-electron chi connectivity index (χ0n) is 11.3. The third kappa shape index (κ3) is 2.51. The highest BCUT2D eigenvalue weighted by Crippen LogP contribution is 2.33. The van der Waals surface area contributed by atoms with Crippen LogP contribution in [0.1, 0.15) is 45.5 Å². The van der Waals surface area contributed by atoms with Crippen LogP contribution in [0, 0.1) is 11.8 Å². The monoisotopic (exact) mass is 236 g/mol. The largest absolute Gasteiger partial charge is 0.317 e. The van der Waals surface area contributed by atoms with Gasteiger partial charge in [0, 0.05) is 18.5 Å². The van der Waals surface area contributed by atoms with Gasteiger partial charge in [-0.2, -0.15) is 5.10 Å². The fourth-order valence-electron chi connectivity index (χ4n) is 3.03. The second-order valence-corrected chi connectivity index (χ2v) is 5.51. The van der Waals surface area contributed by atoms with Crippen molar-refractivity contribution in [2.24, 2.45) is 11.8 Å². The van der Waals surface area contributed by atoms with Gasteiger partial charge in [-0.3, -0.25) is 0 Å². The van der Waals surface area contributed by atoms with E-state index in [9.17, 15) is 0 Å². The van der Waals surface area contributed by atoms with Crippen molar-refractivity contribution in [1.82, 2.24) is 20.1 Å². The normalized spacial score (nSPS) is 29.1. The molecule has 0 radical (unpaired) electrons. The van der Waals surface area contributed by atoms with Crippen LogP contribution < -0.4 is 5.32 Å². The average Bonchev–Trinajstić information content (AvgIpc) is 2.88. The molecule has 1 aromatic heterocycles. The van der Waals surface area contributed by atoms with Crippen molar-refractivity contribution in [1.29, 1.82) is 0 Å². The molecule has 0 aromatic carbocycles. The van der Waals surface area contributed by atoms with E-state index in [1.165, 1.54) is 12.8 Å². The van der Waals surface area contributed by atoms with E-state index in [-0.39, 0.29) is 0 Å². The minimum Gasteiger partial charge on any atom is -0.317 e. The molecule has 0 amide bonds. The number of rotatable bonds is 4. The molecule has 1 aliphatic rings. The molecule has 4 nitrogen and oxygen atoms in total. The molecule has 0 aliphatic heterocycles. The fourth-order valence-corrected chi connectivity index (χ4v) is 3.03. The van der Waals surface area contributed by atoms with Crippen molar-refractivity contribution in [2.75, 3.05) is 7.05 Å². The summed E-state index contributed by atoms with van der Waals surface area (Å²) in [5, 5.41) is 7.73. The Morgan fingerprint density at radius 1 is 1.47 bits per heavy atom. The lowest BCUT2D eigenvalue weighted by Gasteiger charge is -2.20. The second kappa shape index (κ2) is 5.17. The van der Waals surface area contributed by atoms with Crippen molar-refractivity contribution < 1.29 is 0 Å². The SMILES string of the molecule is CNC1CCC(Cc2ncnn2C(C)C)C1C. The number of hydrogen-bond acceptors (Lipinski definition) is 3. The predicted molar refractivity (Wildman–Crippen MR) is 68.8 cm³/mol. The van der Waals surface area contributed by atoms with Gasteiger partial charge in [0.2, 0.25) is 0 Å². The molecule has 17 heavy (non-hydrogen) atoms. The van der Waals surface area contributed by atoms with Gasteiger partial charge in [0.05, 0.1) is 0 Å². The molecule has 3 atom stereocenters. The smallest absolute Gasteiger partial charge is 0.138 e. The maximum Gasteiger partial charge on any atom is 0.138 e. The molecule has 1 heterocycles. The van der Waals surface area contributed by atoms with E-state index in [2.05, 4.69) is 47.9 Å². The highest BCUT2D eigenvalue weighted by atomic mass is 15.3. The van der Waals surface area contributed by atoms with Crippen molar-refractivity contribution in [2.45, 2.75) is 52.1 Å². The summed E-state index contributed by atoms with van der Waals surface area (Å²) >= 11 is 0. The van der Waals surface area contributed by atoms with E-state index >= 15 is 0 Å². The molecule has 1 saturated carbocycles. The van der Waals surface area contributed by atoms with Gasteiger partial charge in [-0.05, 0) is 45.6 Å². The van der Waals surface area contributed by atoms with Gasteiger partial charge in [-0.25, -0.2) is 9.67 Å². The minimum atomic E-state index is 0.407. The predicted octanol–water partition coefficient (Wildman–Crippen LogP) is 2.04. The van der Waals surface area contributed by atoms with Crippen LogP contribution in [0.25, 0.3) is 0 Å². The molecular formula is C13H24N4. The van der Waals surface area contributed by atoms with Gasteiger partial charge in [0.15, 0.2) is 0 Å². The molecule has 4 heteroatoms. The summed E-state index contributed by atoms with van der Waals surface area (Å²) in [5.41, 5.74) is 0. The lowest BCUT2D eigenvalue weighted by atomic mass is 9.92. The third-order valence-corrected chi connectivity index (χ3v) is 4.18. The molecule has 1 aromatic rings. The molecular weight excluding hydrogens is 212 g/mol. The summed E-state index contributed by atoms with van der Waals surface area (Å²) in [6, 6.07) is 1.08. The molecule has 1 aliphatic carbocycles. The Morgan fingerprint density at radius 3 is 2.82 bits per heavy atom. The Kier molecular flexibility index (Phi) is 3.82. The Morgan fingerprint density at radius 2 is 2.24 bits per heavy atom. The summed E-state index contributed by atoms with van der Waals surface area (Å²) in [7, 11) is 2.07. The van der Waals surface area contributed by atoms with Gasteiger partial charge in [-0.1, -0.05) is 6.92 Å². The van der Waals surface area contributed by atoms with Crippen molar-refractivity contribution in [3.05, 3.63) is 12.2 Å². The van der Waals surface area contributed by atoms with Crippen LogP contribution >= 0.6 is 0 Å². The van der Waals surface area contributed by atoms with E-state index < -0.39 is 0 Å². The first-order valence-electron chi connectivity index (χ1n) is 6.69. The van der Waals surface area contributed by atoms with E-state index in [4.69, 9.17) is 0 Å². The molecule has 0 saturated heterocycles. The standard InChI is InChI=1S/C13H24N4/c1-9(2)17-13(15-8-16-17)7-11-5-6-12(14-4)10(11)3/h8-12,14H,5-7H2,1-4H3. The summed E-state index contributed by atoms with van der Waals surface area (Å²) in [4.78, 5) is 4.42. The number of hydrogen-bond donors (Lipinski definition) is 1. The maximum absolute atomic E-state index is 4.42. The molecule has 3 unspecified atom stereocenters. The Bertz CT molecular complexity index is 358. The minimum absolute atomic E-state index is 0.407. The van der Waals surface area contributed by atoms with Crippen LogP contribution in [0.3, 0.4) is 0 Å². The molecule has 2 rings (SSSR count). The maximum atomic E-state index is 4.42. The van der Waals surface area contributed by atoms with Gasteiger partial charge < -0.3 is 5.32 Å². The first-order valence-corrected chi connectivity index (χ1v) is 6.69. The first kappa shape index (κ1) is 12.6. The highest BCUT2D eigenvalue weighted by molar-refractivity contribution is 4.95. The van der Waals surface area contributed by atoms with Gasteiger partial charge in [0.25, 0.3) is 0 Å². The Balaban J connectivity index is 2.04. The summed E-state index contributed by atoms with van der Waals surface area (Å²) in [6.45, 7) is 6.67. The lowest BCUT2D eigenvalue weighted by Crippen LogP contribution is -2.30. The van der Waals surface area contributed by atoms with Gasteiger partial charge in [0.1, 0.15) is 12.2 Å². The zero-order chi connectivity index (χ0) is 12.4. The topological polar surface area (TPSA) is 42.7 Å². The van der Waals surface area contributed by atoms with Crippen LogP contribution in [-0.2, 0) is 6.42 Å². The van der Waals surface area contributed by atoms with E-state index in [1.807, 2.05) is 0 Å². The number of aromatic nitrogens is 3. The van der Waals surface area contributed by atoms with Crippen LogP contribution in [0.15, 0.2) is 6.33 Å². The highest BCUT2D eigenvalue weighted by Gasteiger charge is 2.32.